The van der Waals surface area contributed by atoms with Gasteiger partial charge in [0.1, 0.15) is 6.54 Å². The van der Waals surface area contributed by atoms with Crippen LogP contribution in [0.4, 0.5) is 0 Å². The molecule has 2 aliphatic rings. The molecule has 0 N–H and O–H groups in total. The number of esters is 1. The predicted octanol–water partition coefficient (Wildman–Crippen LogP) is 3.64. The lowest BCUT2D eigenvalue weighted by Gasteiger charge is -2.39. The molecular weight excluding hydrogens is 302 g/mol. The van der Waals surface area contributed by atoms with E-state index in [0.29, 0.717) is 34.6 Å². The molecular formula is C20H38NO3+. The summed E-state index contributed by atoms with van der Waals surface area (Å²) in [5.41, 5.74) is 0.701. The molecule has 2 bridgehead atoms. The Kier molecular flexibility index (Phi) is 5.71. The summed E-state index contributed by atoms with van der Waals surface area (Å²) in [7, 11) is 4.15. The van der Waals surface area contributed by atoms with Gasteiger partial charge in [-0.1, -0.05) is 27.7 Å². The Morgan fingerprint density at radius 3 is 2.46 bits per heavy atom. The van der Waals surface area contributed by atoms with E-state index in [1.54, 1.807) is 0 Å². The minimum atomic E-state index is -0.109. The molecule has 0 heterocycles. The number of rotatable bonds is 8. The number of nitrogens with zero attached hydrogens (tertiary/aromatic N) is 1. The molecule has 2 aliphatic carbocycles. The van der Waals surface area contributed by atoms with Crippen molar-refractivity contribution < 1.29 is 18.8 Å². The number of likely N-dealkylation sites (N-methyl/N-ethyl adjacent to an activating group) is 1. The molecule has 2 rings (SSSR count). The molecule has 0 radical (unpaired) electrons. The minimum Gasteiger partial charge on any atom is -0.459 e. The Bertz CT molecular complexity index is 460. The maximum atomic E-state index is 12.0. The van der Waals surface area contributed by atoms with Gasteiger partial charge in [0.05, 0.1) is 32.9 Å². The zero-order valence-corrected chi connectivity index (χ0v) is 16.9. The third-order valence-electron chi connectivity index (χ3n) is 7.19. The van der Waals surface area contributed by atoms with Crippen molar-refractivity contribution in [2.24, 2.45) is 16.7 Å². The van der Waals surface area contributed by atoms with Gasteiger partial charge >= 0.3 is 5.97 Å². The van der Waals surface area contributed by atoms with Crippen LogP contribution in [0.2, 0.25) is 0 Å². The molecule has 0 unspecified atom stereocenters. The molecule has 4 heteroatoms. The van der Waals surface area contributed by atoms with E-state index in [9.17, 15) is 4.79 Å². The van der Waals surface area contributed by atoms with Gasteiger partial charge in [-0.15, -0.1) is 0 Å². The van der Waals surface area contributed by atoms with Gasteiger partial charge in [-0.25, -0.2) is 4.79 Å². The number of quaternary nitrogens is 1. The first kappa shape index (κ1) is 19.7. The average molecular weight is 341 g/mol. The summed E-state index contributed by atoms with van der Waals surface area (Å²) in [6.07, 6.45) is 5.08. The fourth-order valence-electron chi connectivity index (χ4n) is 4.60. The number of carbonyl (C=O) groups is 1. The van der Waals surface area contributed by atoms with Gasteiger partial charge < -0.3 is 14.0 Å². The molecule has 4 nitrogen and oxygen atoms in total. The second kappa shape index (κ2) is 6.95. The molecule has 4 atom stereocenters. The van der Waals surface area contributed by atoms with Crippen LogP contribution >= 0.6 is 0 Å². The van der Waals surface area contributed by atoms with E-state index in [2.05, 4.69) is 34.9 Å². The van der Waals surface area contributed by atoms with Gasteiger partial charge in [0.25, 0.3) is 0 Å². The number of fused-ring (bicyclic) bond motifs is 2. The molecule has 0 aromatic carbocycles. The molecule has 0 saturated heterocycles. The molecule has 0 aromatic rings. The monoisotopic (exact) mass is 340 g/mol. The summed E-state index contributed by atoms with van der Waals surface area (Å²) in [6.45, 7) is 13.2. The molecule has 0 spiro atoms. The van der Waals surface area contributed by atoms with Crippen LogP contribution in [0.5, 0.6) is 0 Å². The standard InChI is InChI=1S/C20H38NO3/c1-8-15(2)24-18(22)14-21(6,7)11-12-23-17-13-16-9-10-20(17,5)19(16,3)4/h15-17H,8-14H2,1-7H3/q+1/t15-,16-,17+,20-/m0/s1. The molecule has 0 amide bonds. The van der Waals surface area contributed by atoms with E-state index in [4.69, 9.17) is 9.47 Å². The van der Waals surface area contributed by atoms with Crippen LogP contribution in [-0.4, -0.2) is 56.5 Å². The van der Waals surface area contributed by atoms with E-state index >= 15 is 0 Å². The lowest BCUT2D eigenvalue weighted by atomic mass is 9.70. The van der Waals surface area contributed by atoms with Gasteiger partial charge in [-0.05, 0) is 49.4 Å². The van der Waals surface area contributed by atoms with Crippen LogP contribution in [0.3, 0.4) is 0 Å². The first-order chi connectivity index (χ1) is 11.0. The van der Waals surface area contributed by atoms with Crippen LogP contribution in [-0.2, 0) is 14.3 Å². The first-order valence-corrected chi connectivity index (χ1v) is 9.65. The zero-order chi connectivity index (χ0) is 18.2. The highest BCUT2D eigenvalue weighted by Gasteiger charge is 2.61. The van der Waals surface area contributed by atoms with Gasteiger partial charge in [0, 0.05) is 0 Å². The Labute approximate surface area is 148 Å². The van der Waals surface area contributed by atoms with Crippen LogP contribution in [0.15, 0.2) is 0 Å². The second-order valence-corrected chi connectivity index (χ2v) is 9.50. The lowest BCUT2D eigenvalue weighted by molar-refractivity contribution is -0.883. The van der Waals surface area contributed by atoms with Gasteiger partial charge in [-0.2, -0.15) is 0 Å². The predicted molar refractivity (Wildman–Crippen MR) is 96.7 cm³/mol. The summed E-state index contributed by atoms with van der Waals surface area (Å²) < 4.78 is 12.3. The summed E-state index contributed by atoms with van der Waals surface area (Å²) in [4.78, 5) is 12.0. The maximum absolute atomic E-state index is 12.0. The lowest BCUT2D eigenvalue weighted by Crippen LogP contribution is -2.48. The van der Waals surface area contributed by atoms with Crippen molar-refractivity contribution in [2.75, 3.05) is 33.8 Å². The summed E-state index contributed by atoms with van der Waals surface area (Å²) in [5.74, 6) is 0.697. The SMILES string of the molecule is CC[C@H](C)OC(=O)C[N+](C)(C)CCO[C@@H]1C[C@@H]2CC[C@]1(C)C2(C)C. The van der Waals surface area contributed by atoms with Crippen LogP contribution in [0.1, 0.15) is 60.3 Å². The molecule has 0 aliphatic heterocycles. The van der Waals surface area contributed by atoms with E-state index < -0.39 is 0 Å². The van der Waals surface area contributed by atoms with Crippen molar-refractivity contribution in [3.8, 4) is 0 Å². The molecule has 24 heavy (non-hydrogen) atoms. The molecule has 0 aromatic heterocycles. The van der Waals surface area contributed by atoms with E-state index in [0.717, 1.165) is 18.9 Å². The summed E-state index contributed by atoms with van der Waals surface area (Å²) >= 11 is 0. The van der Waals surface area contributed by atoms with Gasteiger partial charge in [0.15, 0.2) is 6.54 Å². The number of carbonyl (C=O) groups excluding carboxylic acids is 1. The summed E-state index contributed by atoms with van der Waals surface area (Å²) in [5, 5.41) is 0. The Balaban J connectivity index is 1.78. The van der Waals surface area contributed by atoms with Gasteiger partial charge in [-0.3, -0.25) is 0 Å². The van der Waals surface area contributed by atoms with Crippen LogP contribution in [0.25, 0.3) is 0 Å². The minimum absolute atomic E-state index is 0.00460. The van der Waals surface area contributed by atoms with E-state index in [1.165, 1.54) is 19.3 Å². The van der Waals surface area contributed by atoms with Crippen molar-refractivity contribution in [3.05, 3.63) is 0 Å². The average Bonchev–Trinajstić information content (AvgIpc) is 2.79. The number of hydrogen-bond acceptors (Lipinski definition) is 3. The highest BCUT2D eigenvalue weighted by Crippen LogP contribution is 2.66. The van der Waals surface area contributed by atoms with Crippen molar-refractivity contribution in [1.82, 2.24) is 0 Å². The topological polar surface area (TPSA) is 35.5 Å². The quantitative estimate of drug-likeness (QED) is 0.500. The maximum Gasteiger partial charge on any atom is 0.362 e. The van der Waals surface area contributed by atoms with Crippen LogP contribution in [0, 0.1) is 16.7 Å². The number of ether oxygens (including phenoxy) is 2. The first-order valence-electron chi connectivity index (χ1n) is 9.65. The third-order valence-corrected chi connectivity index (χ3v) is 7.19. The van der Waals surface area contributed by atoms with Crippen molar-refractivity contribution in [3.63, 3.8) is 0 Å². The van der Waals surface area contributed by atoms with Gasteiger partial charge in [0.2, 0.25) is 0 Å². The molecule has 2 fully saturated rings. The zero-order valence-electron chi connectivity index (χ0n) is 16.9. The fourth-order valence-corrected chi connectivity index (χ4v) is 4.60. The highest BCUT2D eigenvalue weighted by atomic mass is 16.5. The fraction of sp³-hybridized carbons (Fsp3) is 0.950. The Hall–Kier alpha value is -0.610. The Morgan fingerprint density at radius 2 is 1.96 bits per heavy atom. The van der Waals surface area contributed by atoms with Crippen molar-refractivity contribution in [1.29, 1.82) is 0 Å². The normalized spacial score (nSPS) is 32.8. The molecule has 2 saturated carbocycles. The van der Waals surface area contributed by atoms with Crippen molar-refractivity contribution in [2.45, 2.75) is 72.5 Å². The smallest absolute Gasteiger partial charge is 0.362 e. The summed E-state index contributed by atoms with van der Waals surface area (Å²) in [6, 6.07) is 0. The molecule has 140 valence electrons. The highest BCUT2D eigenvalue weighted by molar-refractivity contribution is 5.70. The largest absolute Gasteiger partial charge is 0.459 e. The Morgan fingerprint density at radius 1 is 1.29 bits per heavy atom. The number of hydrogen-bond donors (Lipinski definition) is 0. The van der Waals surface area contributed by atoms with Crippen LogP contribution < -0.4 is 0 Å². The van der Waals surface area contributed by atoms with E-state index in [1.807, 2.05) is 13.8 Å². The van der Waals surface area contributed by atoms with E-state index in [-0.39, 0.29) is 12.1 Å². The third kappa shape index (κ3) is 3.80. The second-order valence-electron chi connectivity index (χ2n) is 9.50. The van der Waals surface area contributed by atoms with Crippen molar-refractivity contribution >= 4 is 5.97 Å².